The average Bonchev–Trinajstić information content (AvgIpc) is 2.55. The summed E-state index contributed by atoms with van der Waals surface area (Å²) >= 11 is 0. The maximum Gasteiger partial charge on any atom is 0.275 e. The van der Waals surface area contributed by atoms with Gasteiger partial charge in [-0.05, 0) is 24.5 Å². The first-order valence-corrected chi connectivity index (χ1v) is 7.86. The van der Waals surface area contributed by atoms with Crippen LogP contribution in [-0.2, 0) is 17.9 Å². The van der Waals surface area contributed by atoms with Crippen LogP contribution in [0.3, 0.4) is 0 Å². The van der Waals surface area contributed by atoms with Crippen LogP contribution in [-0.4, -0.2) is 22.5 Å². The molecule has 0 spiro atoms. The Balaban J connectivity index is 2.01. The molecule has 1 saturated carbocycles. The number of benzene rings is 1. The summed E-state index contributed by atoms with van der Waals surface area (Å²) in [5.74, 6) is -0.272. The highest BCUT2D eigenvalue weighted by Crippen LogP contribution is 2.35. The van der Waals surface area contributed by atoms with Gasteiger partial charge in [-0.1, -0.05) is 25.3 Å². The topological polar surface area (TPSA) is 118 Å². The van der Waals surface area contributed by atoms with Crippen molar-refractivity contribution in [3.05, 3.63) is 39.4 Å². The van der Waals surface area contributed by atoms with Crippen LogP contribution in [0, 0.1) is 15.5 Å². The van der Waals surface area contributed by atoms with Crippen LogP contribution in [0.2, 0.25) is 0 Å². The van der Waals surface area contributed by atoms with E-state index < -0.39 is 10.3 Å². The molecule has 1 fully saturated rings. The summed E-state index contributed by atoms with van der Waals surface area (Å²) in [6, 6.07) is 4.75. The summed E-state index contributed by atoms with van der Waals surface area (Å²) in [4.78, 5) is 22.3. The molecule has 7 heteroatoms. The number of primary amides is 1. The molecule has 0 aliphatic heterocycles. The third-order valence-corrected chi connectivity index (χ3v) is 4.64. The fraction of sp³-hybridized carbons (Fsp3) is 0.562. The first-order chi connectivity index (χ1) is 11.0. The van der Waals surface area contributed by atoms with Gasteiger partial charge in [0.25, 0.3) is 5.69 Å². The fourth-order valence-corrected chi connectivity index (χ4v) is 3.21. The average molecular weight is 321 g/mol. The minimum absolute atomic E-state index is 0.0888. The molecule has 1 aliphatic rings. The molecular weight excluding hydrogens is 298 g/mol. The number of carbonyl (C=O) groups excluding carboxylic acids is 1. The summed E-state index contributed by atoms with van der Waals surface area (Å²) in [7, 11) is 0. The second-order valence-corrected chi connectivity index (χ2v) is 6.19. The molecule has 0 saturated heterocycles. The summed E-state index contributed by atoms with van der Waals surface area (Å²) in [6.07, 6.45) is 4.71. The quantitative estimate of drug-likeness (QED) is 0.521. The first-order valence-electron chi connectivity index (χ1n) is 7.86. The molecule has 1 amide bonds. The van der Waals surface area contributed by atoms with Crippen LogP contribution in [0.1, 0.15) is 43.2 Å². The van der Waals surface area contributed by atoms with Gasteiger partial charge in [0, 0.05) is 19.2 Å². The molecule has 1 aliphatic carbocycles. The maximum atomic E-state index is 11.8. The van der Waals surface area contributed by atoms with Crippen LogP contribution in [0.5, 0.6) is 0 Å². The molecule has 0 unspecified atom stereocenters. The van der Waals surface area contributed by atoms with Crippen LogP contribution in [0.15, 0.2) is 18.2 Å². The monoisotopic (exact) mass is 321 g/mol. The predicted octanol–water partition coefficient (Wildman–Crippen LogP) is 1.61. The van der Waals surface area contributed by atoms with Crippen LogP contribution in [0.4, 0.5) is 5.69 Å². The smallest absolute Gasteiger partial charge is 0.275 e. The number of nitrogens with one attached hydrogen (secondary N) is 1. The van der Waals surface area contributed by atoms with Crippen molar-refractivity contribution in [2.45, 2.75) is 45.3 Å². The van der Waals surface area contributed by atoms with Gasteiger partial charge in [-0.25, -0.2) is 0 Å². The molecule has 7 nitrogen and oxygen atoms in total. The fourth-order valence-electron chi connectivity index (χ4n) is 3.21. The first kappa shape index (κ1) is 17.4. The number of amides is 1. The van der Waals surface area contributed by atoms with E-state index in [1.807, 2.05) is 0 Å². The van der Waals surface area contributed by atoms with E-state index >= 15 is 0 Å². The highest BCUT2D eigenvalue weighted by atomic mass is 16.6. The SMILES string of the molecule is NC(=O)C1(CNCc2ccc(CO)c([N+](=O)[O-])c2)CCCCC1. The van der Waals surface area contributed by atoms with Crippen molar-refractivity contribution in [3.63, 3.8) is 0 Å². The van der Waals surface area contributed by atoms with Crippen molar-refractivity contribution < 1.29 is 14.8 Å². The Kier molecular flexibility index (Phi) is 5.68. The Bertz CT molecular complexity index is 583. The van der Waals surface area contributed by atoms with Crippen molar-refractivity contribution in [1.29, 1.82) is 0 Å². The van der Waals surface area contributed by atoms with Crippen molar-refractivity contribution in [2.24, 2.45) is 11.1 Å². The molecule has 0 heterocycles. The maximum absolute atomic E-state index is 11.8. The van der Waals surface area contributed by atoms with Gasteiger partial charge in [0.15, 0.2) is 0 Å². The second-order valence-electron chi connectivity index (χ2n) is 6.19. The minimum Gasteiger partial charge on any atom is -0.391 e. The van der Waals surface area contributed by atoms with Gasteiger partial charge >= 0.3 is 0 Å². The normalized spacial score (nSPS) is 16.9. The Labute approximate surface area is 135 Å². The van der Waals surface area contributed by atoms with Crippen LogP contribution in [0.25, 0.3) is 0 Å². The number of hydrogen-bond donors (Lipinski definition) is 3. The van der Waals surface area contributed by atoms with Crippen molar-refractivity contribution in [1.82, 2.24) is 5.32 Å². The van der Waals surface area contributed by atoms with E-state index in [0.717, 1.165) is 37.7 Å². The van der Waals surface area contributed by atoms with Gasteiger partial charge in [-0.2, -0.15) is 0 Å². The zero-order chi connectivity index (χ0) is 16.9. The minimum atomic E-state index is -0.505. The van der Waals surface area contributed by atoms with E-state index in [1.54, 1.807) is 12.1 Å². The Hall–Kier alpha value is -1.99. The second kappa shape index (κ2) is 7.52. The summed E-state index contributed by atoms with van der Waals surface area (Å²) in [5, 5.41) is 23.3. The standard InChI is InChI=1S/C16H23N3O4/c17-15(21)16(6-2-1-3-7-16)11-18-9-12-4-5-13(10-20)14(8-12)19(22)23/h4-5,8,18,20H,1-3,6-7,9-11H2,(H2,17,21). The molecule has 126 valence electrons. The third-order valence-electron chi connectivity index (χ3n) is 4.64. The van der Waals surface area contributed by atoms with Gasteiger partial charge in [0.1, 0.15) is 0 Å². The number of rotatable bonds is 7. The Morgan fingerprint density at radius 3 is 2.61 bits per heavy atom. The van der Waals surface area contributed by atoms with Crippen molar-refractivity contribution in [2.75, 3.05) is 6.54 Å². The highest BCUT2D eigenvalue weighted by molar-refractivity contribution is 5.81. The van der Waals surface area contributed by atoms with Gasteiger partial charge in [0.2, 0.25) is 5.91 Å². The number of hydrogen-bond acceptors (Lipinski definition) is 5. The van der Waals surface area contributed by atoms with E-state index in [9.17, 15) is 14.9 Å². The molecule has 0 bridgehead atoms. The van der Waals surface area contributed by atoms with Crippen LogP contribution >= 0.6 is 0 Å². The summed E-state index contributed by atoms with van der Waals surface area (Å²) < 4.78 is 0. The number of nitro groups is 1. The zero-order valence-electron chi connectivity index (χ0n) is 13.1. The largest absolute Gasteiger partial charge is 0.391 e. The predicted molar refractivity (Wildman–Crippen MR) is 85.4 cm³/mol. The van der Waals surface area contributed by atoms with E-state index in [0.29, 0.717) is 18.7 Å². The van der Waals surface area contributed by atoms with Gasteiger partial charge < -0.3 is 16.2 Å². The Morgan fingerprint density at radius 1 is 1.35 bits per heavy atom. The van der Waals surface area contributed by atoms with Crippen LogP contribution < -0.4 is 11.1 Å². The lowest BCUT2D eigenvalue weighted by atomic mass is 9.73. The lowest BCUT2D eigenvalue weighted by molar-refractivity contribution is -0.385. The third kappa shape index (κ3) is 4.05. The number of nitrogens with two attached hydrogens (primary N) is 1. The number of aliphatic hydroxyl groups excluding tert-OH is 1. The molecular formula is C16H23N3O4. The molecule has 0 aromatic heterocycles. The number of carbonyl (C=O) groups is 1. The summed E-state index contributed by atoms with van der Waals surface area (Å²) in [6.45, 7) is 0.536. The lowest BCUT2D eigenvalue weighted by Crippen LogP contribution is -2.46. The molecule has 1 aromatic rings. The van der Waals surface area contributed by atoms with Crippen molar-refractivity contribution >= 4 is 11.6 Å². The molecule has 0 atom stereocenters. The van der Waals surface area contributed by atoms with E-state index in [2.05, 4.69) is 5.32 Å². The van der Waals surface area contributed by atoms with Gasteiger partial charge in [-0.3, -0.25) is 14.9 Å². The molecule has 2 rings (SSSR count). The summed E-state index contributed by atoms with van der Waals surface area (Å²) in [5.41, 5.74) is 6.03. The zero-order valence-corrected chi connectivity index (χ0v) is 13.1. The van der Waals surface area contributed by atoms with E-state index in [-0.39, 0.29) is 18.2 Å². The van der Waals surface area contributed by atoms with Gasteiger partial charge in [-0.15, -0.1) is 0 Å². The highest BCUT2D eigenvalue weighted by Gasteiger charge is 2.37. The number of aliphatic hydroxyl groups is 1. The van der Waals surface area contributed by atoms with Crippen molar-refractivity contribution in [3.8, 4) is 0 Å². The Morgan fingerprint density at radius 2 is 2.04 bits per heavy atom. The molecule has 23 heavy (non-hydrogen) atoms. The lowest BCUT2D eigenvalue weighted by Gasteiger charge is -2.34. The molecule has 1 aromatic carbocycles. The van der Waals surface area contributed by atoms with E-state index in [4.69, 9.17) is 10.8 Å². The number of nitrogens with zero attached hydrogens (tertiary/aromatic N) is 1. The molecule has 4 N–H and O–H groups in total. The van der Waals surface area contributed by atoms with E-state index in [1.165, 1.54) is 6.07 Å². The van der Waals surface area contributed by atoms with Gasteiger partial charge in [0.05, 0.1) is 22.5 Å². The number of nitro benzene ring substituents is 1. The molecule has 0 radical (unpaired) electrons.